The highest BCUT2D eigenvalue weighted by atomic mass is 19.1. The molecule has 21 heavy (non-hydrogen) atoms. The summed E-state index contributed by atoms with van der Waals surface area (Å²) in [5.41, 5.74) is 3.91. The van der Waals surface area contributed by atoms with Crippen LogP contribution in [0.2, 0.25) is 0 Å². The first-order valence-corrected chi connectivity index (χ1v) is 5.70. The summed E-state index contributed by atoms with van der Waals surface area (Å²) in [4.78, 5) is 21.5. The molecular formula is C13H9F2N3O3. The van der Waals surface area contributed by atoms with Gasteiger partial charge in [0.2, 0.25) is 5.82 Å². The molecule has 0 aliphatic heterocycles. The molecule has 8 heteroatoms. The maximum Gasteiger partial charge on any atom is 0.305 e. The number of amides is 1. The van der Waals surface area contributed by atoms with Crippen molar-refractivity contribution in [3.8, 4) is 0 Å². The number of nitrogens with zero attached hydrogens (tertiary/aromatic N) is 1. The smallest absolute Gasteiger partial charge is 0.305 e. The Bertz CT molecular complexity index is 735. The first-order valence-electron chi connectivity index (χ1n) is 5.70. The van der Waals surface area contributed by atoms with Crippen LogP contribution in [0.15, 0.2) is 36.4 Å². The molecule has 0 bridgehead atoms. The first-order chi connectivity index (χ1) is 9.91. The minimum absolute atomic E-state index is 0.146. The van der Waals surface area contributed by atoms with Crippen molar-refractivity contribution < 1.29 is 18.5 Å². The number of rotatable bonds is 3. The molecule has 0 heterocycles. The Hall–Kier alpha value is -3.03. The maximum atomic E-state index is 13.9. The van der Waals surface area contributed by atoms with Crippen LogP contribution in [0.3, 0.4) is 0 Å². The van der Waals surface area contributed by atoms with Crippen LogP contribution in [0.5, 0.6) is 0 Å². The van der Waals surface area contributed by atoms with Gasteiger partial charge in [-0.25, -0.2) is 4.39 Å². The van der Waals surface area contributed by atoms with Gasteiger partial charge < -0.3 is 11.1 Å². The molecule has 0 fully saturated rings. The van der Waals surface area contributed by atoms with Gasteiger partial charge in [0, 0.05) is 6.07 Å². The molecule has 3 N–H and O–H groups in total. The molecule has 2 aromatic rings. The molecule has 0 unspecified atom stereocenters. The van der Waals surface area contributed by atoms with Crippen molar-refractivity contribution in [3.63, 3.8) is 0 Å². The van der Waals surface area contributed by atoms with Gasteiger partial charge in [0.15, 0.2) is 0 Å². The van der Waals surface area contributed by atoms with E-state index in [1.54, 1.807) is 12.1 Å². The molecule has 2 aromatic carbocycles. The lowest BCUT2D eigenvalue weighted by Crippen LogP contribution is -2.17. The van der Waals surface area contributed by atoms with E-state index in [2.05, 4.69) is 5.32 Å². The molecule has 0 aliphatic carbocycles. The minimum Gasteiger partial charge on any atom is -0.397 e. The number of benzene rings is 2. The monoisotopic (exact) mass is 293 g/mol. The van der Waals surface area contributed by atoms with Crippen LogP contribution in [0.1, 0.15) is 10.4 Å². The molecule has 6 nitrogen and oxygen atoms in total. The van der Waals surface area contributed by atoms with Gasteiger partial charge in [-0.15, -0.1) is 0 Å². The zero-order valence-corrected chi connectivity index (χ0v) is 10.5. The molecule has 2 rings (SSSR count). The average Bonchev–Trinajstić information content (AvgIpc) is 2.41. The van der Waals surface area contributed by atoms with E-state index in [4.69, 9.17) is 5.73 Å². The number of carbonyl (C=O) groups is 1. The van der Waals surface area contributed by atoms with Crippen LogP contribution in [0.4, 0.5) is 25.8 Å². The highest BCUT2D eigenvalue weighted by Crippen LogP contribution is 2.25. The summed E-state index contributed by atoms with van der Waals surface area (Å²) >= 11 is 0. The number of nitro groups is 1. The number of nitrogens with one attached hydrogen (secondary N) is 1. The van der Waals surface area contributed by atoms with Crippen molar-refractivity contribution in [2.45, 2.75) is 0 Å². The van der Waals surface area contributed by atoms with Crippen molar-refractivity contribution in [1.82, 2.24) is 0 Å². The van der Waals surface area contributed by atoms with Crippen molar-refractivity contribution >= 4 is 23.0 Å². The third-order valence-electron chi connectivity index (χ3n) is 2.70. The quantitative estimate of drug-likeness (QED) is 0.516. The van der Waals surface area contributed by atoms with Gasteiger partial charge in [-0.1, -0.05) is 12.1 Å². The van der Waals surface area contributed by atoms with Crippen LogP contribution in [0.25, 0.3) is 0 Å². The van der Waals surface area contributed by atoms with Gasteiger partial charge in [-0.05, 0) is 18.2 Å². The van der Waals surface area contributed by atoms with E-state index in [0.29, 0.717) is 12.1 Å². The number of hydrogen-bond donors (Lipinski definition) is 2. The summed E-state index contributed by atoms with van der Waals surface area (Å²) in [6.07, 6.45) is 0. The summed E-state index contributed by atoms with van der Waals surface area (Å²) in [5.74, 6) is -3.90. The molecule has 0 radical (unpaired) electrons. The number of halogens is 2. The second-order valence-corrected chi connectivity index (χ2v) is 4.05. The van der Waals surface area contributed by atoms with Crippen LogP contribution >= 0.6 is 0 Å². The van der Waals surface area contributed by atoms with Crippen molar-refractivity contribution in [2.75, 3.05) is 11.1 Å². The maximum absolute atomic E-state index is 13.9. The standard InChI is InChI=1S/C13H9F2N3O3/c14-7-5-6-10(18(20)21)12(15)11(7)13(19)17-9-4-2-1-3-8(9)16/h1-6H,16H2,(H,17,19). The minimum atomic E-state index is -1.54. The Morgan fingerprint density at radius 3 is 2.48 bits per heavy atom. The van der Waals surface area contributed by atoms with Gasteiger partial charge in [-0.2, -0.15) is 4.39 Å². The highest BCUT2D eigenvalue weighted by Gasteiger charge is 2.26. The van der Waals surface area contributed by atoms with E-state index in [-0.39, 0.29) is 11.4 Å². The predicted octanol–water partition coefficient (Wildman–Crippen LogP) is 2.71. The van der Waals surface area contributed by atoms with Crippen LogP contribution in [-0.4, -0.2) is 10.8 Å². The van der Waals surface area contributed by atoms with Crippen molar-refractivity contribution in [3.05, 3.63) is 63.7 Å². The third kappa shape index (κ3) is 2.78. The van der Waals surface area contributed by atoms with Crippen molar-refractivity contribution in [1.29, 1.82) is 0 Å². The summed E-state index contributed by atoms with van der Waals surface area (Å²) in [5, 5.41) is 12.8. The summed E-state index contributed by atoms with van der Waals surface area (Å²) in [6.45, 7) is 0. The van der Waals surface area contributed by atoms with E-state index >= 15 is 0 Å². The fourth-order valence-electron chi connectivity index (χ4n) is 1.69. The van der Waals surface area contributed by atoms with Crippen molar-refractivity contribution in [2.24, 2.45) is 0 Å². The largest absolute Gasteiger partial charge is 0.397 e. The van der Waals surface area contributed by atoms with Gasteiger partial charge in [0.05, 0.1) is 16.3 Å². The van der Waals surface area contributed by atoms with Gasteiger partial charge in [0.1, 0.15) is 11.4 Å². The fourth-order valence-corrected chi connectivity index (χ4v) is 1.69. The van der Waals surface area contributed by atoms with Gasteiger partial charge >= 0.3 is 5.69 Å². The zero-order chi connectivity index (χ0) is 15.6. The number of nitrogens with two attached hydrogens (primary N) is 1. The van der Waals surface area contributed by atoms with Gasteiger partial charge in [0.25, 0.3) is 5.91 Å². The lowest BCUT2D eigenvalue weighted by atomic mass is 10.1. The SMILES string of the molecule is Nc1ccccc1NC(=O)c1c(F)ccc([N+](=O)[O-])c1F. The number of nitrogen functional groups attached to an aromatic ring is 1. The topological polar surface area (TPSA) is 98.3 Å². The molecule has 0 aliphatic rings. The molecule has 0 aromatic heterocycles. The second-order valence-electron chi connectivity index (χ2n) is 4.05. The lowest BCUT2D eigenvalue weighted by molar-refractivity contribution is -0.387. The first kappa shape index (κ1) is 14.4. The highest BCUT2D eigenvalue weighted by molar-refractivity contribution is 6.06. The Kier molecular flexibility index (Phi) is 3.79. The van der Waals surface area contributed by atoms with E-state index in [1.807, 2.05) is 0 Å². The number of hydrogen-bond acceptors (Lipinski definition) is 4. The zero-order valence-electron chi connectivity index (χ0n) is 10.5. The van der Waals surface area contributed by atoms with Crippen LogP contribution in [0, 0.1) is 21.7 Å². The van der Waals surface area contributed by atoms with Crippen LogP contribution in [-0.2, 0) is 0 Å². The number of carbonyl (C=O) groups excluding carboxylic acids is 1. The molecular weight excluding hydrogens is 284 g/mol. The predicted molar refractivity (Wildman–Crippen MR) is 71.8 cm³/mol. The Morgan fingerprint density at radius 1 is 1.19 bits per heavy atom. The van der Waals surface area contributed by atoms with Gasteiger partial charge in [-0.3, -0.25) is 14.9 Å². The van der Waals surface area contributed by atoms with E-state index in [0.717, 1.165) is 0 Å². The lowest BCUT2D eigenvalue weighted by Gasteiger charge is -2.09. The molecule has 108 valence electrons. The van der Waals surface area contributed by atoms with E-state index in [1.165, 1.54) is 12.1 Å². The molecule has 0 saturated carbocycles. The third-order valence-corrected chi connectivity index (χ3v) is 2.70. The normalized spacial score (nSPS) is 10.2. The van der Waals surface area contributed by atoms with E-state index in [9.17, 15) is 23.7 Å². The van der Waals surface area contributed by atoms with E-state index < -0.39 is 33.7 Å². The Balaban J connectivity index is 2.42. The molecule has 0 saturated heterocycles. The summed E-state index contributed by atoms with van der Waals surface area (Å²) in [7, 11) is 0. The summed E-state index contributed by atoms with van der Waals surface area (Å²) in [6, 6.07) is 7.39. The fraction of sp³-hybridized carbons (Fsp3) is 0. The molecule has 1 amide bonds. The number of para-hydroxylation sites is 2. The second kappa shape index (κ2) is 5.53. The summed E-state index contributed by atoms with van der Waals surface area (Å²) < 4.78 is 27.5. The molecule has 0 atom stereocenters. The van der Waals surface area contributed by atoms with Crippen LogP contribution < -0.4 is 11.1 Å². The Labute approximate surface area is 117 Å². The average molecular weight is 293 g/mol. The number of nitro benzene ring substituents is 1. The molecule has 0 spiro atoms. The number of anilines is 2. The Morgan fingerprint density at radius 2 is 1.86 bits per heavy atom.